The van der Waals surface area contributed by atoms with Crippen LogP contribution in [0.2, 0.25) is 0 Å². The second-order valence-corrected chi connectivity index (χ2v) is 7.87. The molecule has 0 atom stereocenters. The Morgan fingerprint density at radius 2 is 1.67 bits per heavy atom. The fraction of sp³-hybridized carbons (Fsp3) is 0.722. The Morgan fingerprint density at radius 1 is 1.10 bits per heavy atom. The molecule has 21 heavy (non-hydrogen) atoms. The third-order valence-corrected chi connectivity index (χ3v) is 6.45. The van der Waals surface area contributed by atoms with Crippen molar-refractivity contribution in [1.29, 1.82) is 0 Å². The van der Waals surface area contributed by atoms with Gasteiger partial charge in [-0.2, -0.15) is 0 Å². The van der Waals surface area contributed by atoms with Gasteiger partial charge in [0.05, 0.1) is 0 Å². The van der Waals surface area contributed by atoms with Crippen LogP contribution in [0.4, 0.5) is 5.69 Å². The summed E-state index contributed by atoms with van der Waals surface area (Å²) in [7, 11) is 0. The largest absolute Gasteiger partial charge is 0.371 e. The molecule has 0 aromatic carbocycles. The SMILES string of the molecule is CC1(C)C(CNC2CCN(c3ccncc3)CC2)C1(C)C. The molecule has 1 N–H and O–H groups in total. The van der Waals surface area contributed by atoms with Gasteiger partial charge in [-0.3, -0.25) is 4.98 Å². The van der Waals surface area contributed by atoms with E-state index in [2.05, 4.69) is 55.0 Å². The predicted octanol–water partition coefficient (Wildman–Crippen LogP) is 3.32. The molecule has 0 amide bonds. The molecule has 3 rings (SSSR count). The highest BCUT2D eigenvalue weighted by Gasteiger charge is 2.63. The van der Waals surface area contributed by atoms with Crippen molar-refractivity contribution in [2.75, 3.05) is 24.5 Å². The first-order valence-corrected chi connectivity index (χ1v) is 8.31. The van der Waals surface area contributed by atoms with Gasteiger partial charge in [0.1, 0.15) is 0 Å². The lowest BCUT2D eigenvalue weighted by Gasteiger charge is -2.34. The Labute approximate surface area is 129 Å². The van der Waals surface area contributed by atoms with E-state index in [-0.39, 0.29) is 0 Å². The quantitative estimate of drug-likeness (QED) is 0.921. The molecule has 3 heteroatoms. The third-order valence-electron chi connectivity index (χ3n) is 6.45. The van der Waals surface area contributed by atoms with E-state index in [4.69, 9.17) is 0 Å². The Hall–Kier alpha value is -1.09. The van der Waals surface area contributed by atoms with Gasteiger partial charge in [-0.15, -0.1) is 0 Å². The van der Waals surface area contributed by atoms with Gasteiger partial charge in [-0.25, -0.2) is 0 Å². The second kappa shape index (κ2) is 5.28. The van der Waals surface area contributed by atoms with Crippen molar-refractivity contribution in [2.45, 2.75) is 46.6 Å². The van der Waals surface area contributed by atoms with E-state index >= 15 is 0 Å². The predicted molar refractivity (Wildman–Crippen MR) is 88.5 cm³/mol. The van der Waals surface area contributed by atoms with Crippen molar-refractivity contribution in [3.8, 4) is 0 Å². The zero-order chi connectivity index (χ0) is 15.1. The molecule has 0 spiro atoms. The molecular weight excluding hydrogens is 258 g/mol. The Balaban J connectivity index is 1.45. The van der Waals surface area contributed by atoms with Crippen LogP contribution in [0.5, 0.6) is 0 Å². The highest BCUT2D eigenvalue weighted by Crippen LogP contribution is 2.67. The van der Waals surface area contributed by atoms with Crippen molar-refractivity contribution in [3.05, 3.63) is 24.5 Å². The fourth-order valence-electron chi connectivity index (χ4n) is 4.02. The van der Waals surface area contributed by atoms with Gasteiger partial charge in [0.25, 0.3) is 0 Å². The smallest absolute Gasteiger partial charge is 0.0397 e. The van der Waals surface area contributed by atoms with Gasteiger partial charge >= 0.3 is 0 Å². The van der Waals surface area contributed by atoms with Crippen molar-refractivity contribution in [1.82, 2.24) is 10.3 Å². The number of anilines is 1. The number of nitrogens with one attached hydrogen (secondary N) is 1. The first kappa shape index (κ1) is 14.8. The van der Waals surface area contributed by atoms with Crippen LogP contribution in [-0.2, 0) is 0 Å². The summed E-state index contributed by atoms with van der Waals surface area (Å²) < 4.78 is 0. The van der Waals surface area contributed by atoms with Crippen LogP contribution in [0.15, 0.2) is 24.5 Å². The maximum absolute atomic E-state index is 4.10. The van der Waals surface area contributed by atoms with Crippen molar-refractivity contribution in [2.24, 2.45) is 16.7 Å². The third kappa shape index (κ3) is 2.68. The molecule has 1 aromatic heterocycles. The zero-order valence-electron chi connectivity index (χ0n) is 13.9. The van der Waals surface area contributed by atoms with Gasteiger partial charge in [-0.1, -0.05) is 27.7 Å². The van der Waals surface area contributed by atoms with E-state index in [9.17, 15) is 0 Å². The Bertz CT molecular complexity index is 458. The van der Waals surface area contributed by atoms with Crippen molar-refractivity contribution in [3.63, 3.8) is 0 Å². The minimum atomic E-state index is 0.498. The molecule has 1 saturated heterocycles. The van der Waals surface area contributed by atoms with E-state index in [1.54, 1.807) is 0 Å². The number of pyridine rings is 1. The number of hydrogen-bond donors (Lipinski definition) is 1. The summed E-state index contributed by atoms with van der Waals surface area (Å²) in [5.41, 5.74) is 2.31. The lowest BCUT2D eigenvalue weighted by molar-refractivity contribution is 0.392. The van der Waals surface area contributed by atoms with Crippen LogP contribution in [-0.4, -0.2) is 30.7 Å². The van der Waals surface area contributed by atoms with Crippen molar-refractivity contribution >= 4 is 5.69 Å². The molecule has 0 bridgehead atoms. The van der Waals surface area contributed by atoms with E-state index in [1.165, 1.54) is 25.1 Å². The maximum Gasteiger partial charge on any atom is 0.0397 e. The first-order chi connectivity index (χ1) is 9.93. The van der Waals surface area contributed by atoms with E-state index in [0.29, 0.717) is 16.9 Å². The summed E-state index contributed by atoms with van der Waals surface area (Å²) in [5, 5.41) is 3.83. The van der Waals surface area contributed by atoms with E-state index in [1.807, 2.05) is 12.4 Å². The molecule has 2 aliphatic rings. The maximum atomic E-state index is 4.10. The number of hydrogen-bond acceptors (Lipinski definition) is 3. The summed E-state index contributed by atoms with van der Waals surface area (Å²) in [4.78, 5) is 6.58. The molecular formula is C18H29N3. The zero-order valence-corrected chi connectivity index (χ0v) is 13.9. The fourth-order valence-corrected chi connectivity index (χ4v) is 4.02. The van der Waals surface area contributed by atoms with E-state index in [0.717, 1.165) is 19.0 Å². The van der Waals surface area contributed by atoms with Crippen LogP contribution < -0.4 is 10.2 Å². The molecule has 116 valence electrons. The minimum absolute atomic E-state index is 0.498. The molecule has 3 nitrogen and oxygen atoms in total. The van der Waals surface area contributed by atoms with Crippen LogP contribution in [0.25, 0.3) is 0 Å². The van der Waals surface area contributed by atoms with Crippen LogP contribution in [0, 0.1) is 16.7 Å². The molecule has 0 unspecified atom stereocenters. The van der Waals surface area contributed by atoms with Crippen LogP contribution >= 0.6 is 0 Å². The van der Waals surface area contributed by atoms with Crippen LogP contribution in [0.1, 0.15) is 40.5 Å². The minimum Gasteiger partial charge on any atom is -0.371 e. The summed E-state index contributed by atoms with van der Waals surface area (Å²) in [6.07, 6.45) is 6.26. The van der Waals surface area contributed by atoms with Crippen molar-refractivity contribution < 1.29 is 0 Å². The molecule has 2 fully saturated rings. The lowest BCUT2D eigenvalue weighted by Crippen LogP contribution is -2.43. The molecule has 2 heterocycles. The number of rotatable bonds is 4. The highest BCUT2D eigenvalue weighted by molar-refractivity contribution is 5.44. The van der Waals surface area contributed by atoms with Gasteiger partial charge < -0.3 is 10.2 Å². The Morgan fingerprint density at radius 3 is 2.19 bits per heavy atom. The van der Waals surface area contributed by atoms with Gasteiger partial charge in [0.2, 0.25) is 0 Å². The highest BCUT2D eigenvalue weighted by atomic mass is 15.1. The number of aromatic nitrogens is 1. The summed E-state index contributed by atoms with van der Waals surface area (Å²) >= 11 is 0. The topological polar surface area (TPSA) is 28.2 Å². The van der Waals surface area contributed by atoms with Gasteiger partial charge in [0, 0.05) is 37.2 Å². The normalized spacial score (nSPS) is 25.0. The molecule has 1 aromatic rings. The molecule has 0 radical (unpaired) electrons. The molecule has 1 aliphatic carbocycles. The van der Waals surface area contributed by atoms with Crippen LogP contribution in [0.3, 0.4) is 0 Å². The van der Waals surface area contributed by atoms with Gasteiger partial charge in [-0.05, 0) is 48.3 Å². The molecule has 1 saturated carbocycles. The standard InChI is InChI=1S/C18H29N3/c1-17(2)16(18(17,3)4)13-20-14-7-11-21(12-8-14)15-5-9-19-10-6-15/h5-6,9-10,14,16,20H,7-8,11-13H2,1-4H3. The second-order valence-electron chi connectivity index (χ2n) is 7.87. The number of piperidine rings is 1. The van der Waals surface area contributed by atoms with E-state index < -0.39 is 0 Å². The number of nitrogens with zero attached hydrogens (tertiary/aromatic N) is 2. The first-order valence-electron chi connectivity index (χ1n) is 8.31. The monoisotopic (exact) mass is 287 g/mol. The lowest BCUT2D eigenvalue weighted by atomic mass is 10.0. The average molecular weight is 287 g/mol. The Kier molecular flexibility index (Phi) is 3.73. The summed E-state index contributed by atoms with van der Waals surface area (Å²) in [6.45, 7) is 13.1. The summed E-state index contributed by atoms with van der Waals surface area (Å²) in [6, 6.07) is 4.92. The summed E-state index contributed by atoms with van der Waals surface area (Å²) in [5.74, 6) is 0.822. The molecule has 1 aliphatic heterocycles. The van der Waals surface area contributed by atoms with Gasteiger partial charge in [0.15, 0.2) is 0 Å². The average Bonchev–Trinajstić information content (AvgIpc) is 2.88.